The maximum absolute atomic E-state index is 14.9. The molecule has 3 rings (SSSR count). The Hall–Kier alpha value is -2.73. The average Bonchev–Trinajstić information content (AvgIpc) is 2.82. The Morgan fingerprint density at radius 1 is 1.05 bits per heavy atom. The van der Waals surface area contributed by atoms with Crippen LogP contribution in [0.25, 0.3) is 11.1 Å². The molecule has 0 spiro atoms. The molecule has 2 unspecified atom stereocenters. The minimum absolute atomic E-state index is 0.257. The molecule has 37 heavy (non-hydrogen) atoms. The van der Waals surface area contributed by atoms with Gasteiger partial charge >= 0.3 is 0 Å². The highest BCUT2D eigenvalue weighted by atomic mass is 31.2. The summed E-state index contributed by atoms with van der Waals surface area (Å²) < 4.78 is 44.1. The lowest BCUT2D eigenvalue weighted by Gasteiger charge is -2.32. The fourth-order valence-electron chi connectivity index (χ4n) is 4.29. The molecule has 1 aromatic heterocycles. The van der Waals surface area contributed by atoms with E-state index in [-0.39, 0.29) is 17.2 Å². The van der Waals surface area contributed by atoms with Crippen molar-refractivity contribution >= 4 is 7.37 Å². The minimum atomic E-state index is -3.16. The second-order valence-electron chi connectivity index (χ2n) is 10.5. The first-order chi connectivity index (χ1) is 17.3. The topological polar surface area (TPSA) is 77.9 Å². The molecular weight excluding hydrogens is 492 g/mol. The minimum Gasteiger partial charge on any atom is -0.489 e. The summed E-state index contributed by atoms with van der Waals surface area (Å²) in [5.41, 5.74) is 3.17. The molecule has 0 aliphatic carbocycles. The van der Waals surface area contributed by atoms with Crippen LogP contribution in [0.5, 0.6) is 11.6 Å². The lowest BCUT2D eigenvalue weighted by atomic mass is 9.81. The molecule has 1 N–H and O–H groups in total. The summed E-state index contributed by atoms with van der Waals surface area (Å²) >= 11 is 0. The van der Waals surface area contributed by atoms with Gasteiger partial charge in [0.05, 0.1) is 19.4 Å². The second kappa shape index (κ2) is 11.8. The van der Waals surface area contributed by atoms with E-state index in [4.69, 9.17) is 14.2 Å². The van der Waals surface area contributed by atoms with Gasteiger partial charge in [-0.25, -0.2) is 9.37 Å². The van der Waals surface area contributed by atoms with Crippen LogP contribution in [0.2, 0.25) is 0 Å². The van der Waals surface area contributed by atoms with Crippen LogP contribution in [-0.2, 0) is 22.3 Å². The van der Waals surface area contributed by atoms with Gasteiger partial charge in [0.15, 0.2) is 0 Å². The molecular formula is C29H37FNO5P. The number of hydrogen-bond donors (Lipinski definition) is 1. The SMILES string of the molecule is COc1cc(-c2ccc(COc3cccc(CC(C)P(C)(=O)O)c3)cc2[C@@H](OC)C(C)(C)C)c(F)cn1. The number of ether oxygens (including phenoxy) is 3. The highest BCUT2D eigenvalue weighted by Gasteiger charge is 2.29. The number of rotatable bonds is 10. The van der Waals surface area contributed by atoms with Gasteiger partial charge in [0.1, 0.15) is 18.2 Å². The van der Waals surface area contributed by atoms with Crippen LogP contribution in [-0.4, -0.2) is 36.4 Å². The molecule has 200 valence electrons. The molecule has 0 saturated carbocycles. The third kappa shape index (κ3) is 7.41. The van der Waals surface area contributed by atoms with E-state index in [9.17, 15) is 13.8 Å². The van der Waals surface area contributed by atoms with Crippen LogP contribution in [0.1, 0.15) is 50.5 Å². The Morgan fingerprint density at radius 2 is 1.78 bits per heavy atom. The van der Waals surface area contributed by atoms with Crippen LogP contribution in [0, 0.1) is 11.2 Å². The predicted molar refractivity (Wildman–Crippen MR) is 145 cm³/mol. The fourth-order valence-corrected chi connectivity index (χ4v) is 4.84. The summed E-state index contributed by atoms with van der Waals surface area (Å²) in [4.78, 5) is 13.8. The first-order valence-corrected chi connectivity index (χ1v) is 14.4. The van der Waals surface area contributed by atoms with Gasteiger partial charge in [0.2, 0.25) is 13.2 Å². The monoisotopic (exact) mass is 529 g/mol. The quantitative estimate of drug-likeness (QED) is 0.284. The van der Waals surface area contributed by atoms with Crippen LogP contribution < -0.4 is 9.47 Å². The molecule has 0 saturated heterocycles. The van der Waals surface area contributed by atoms with Gasteiger partial charge in [-0.2, -0.15) is 0 Å². The van der Waals surface area contributed by atoms with E-state index in [2.05, 4.69) is 25.8 Å². The van der Waals surface area contributed by atoms with E-state index in [0.717, 1.165) is 22.9 Å². The molecule has 3 atom stereocenters. The molecule has 0 fully saturated rings. The summed E-state index contributed by atoms with van der Waals surface area (Å²) in [6, 6.07) is 14.9. The van der Waals surface area contributed by atoms with E-state index >= 15 is 0 Å². The standard InChI is InChI=1S/C29H37FNO5P/c1-19(37(7,32)33)13-20-9-8-10-22(14-20)36-18-21-11-12-23(24-16-27(34-5)31-17-26(24)30)25(15-21)28(35-6)29(2,3)4/h8-12,14-17,19,28H,13,18H2,1-7H3,(H,32,33)/t19?,28-/m1/s1. The fraction of sp³-hybridized carbons (Fsp3) is 0.414. The van der Waals surface area contributed by atoms with Crippen molar-refractivity contribution in [3.8, 4) is 22.8 Å². The van der Waals surface area contributed by atoms with Gasteiger partial charge in [-0.05, 0) is 52.3 Å². The predicted octanol–water partition coefficient (Wildman–Crippen LogP) is 7.04. The van der Waals surface area contributed by atoms with Gasteiger partial charge in [-0.3, -0.25) is 4.57 Å². The summed E-state index contributed by atoms with van der Waals surface area (Å²) in [5, 5.41) is 0. The van der Waals surface area contributed by atoms with E-state index < -0.39 is 13.2 Å². The normalized spacial score (nSPS) is 15.1. The largest absolute Gasteiger partial charge is 0.489 e. The van der Waals surface area contributed by atoms with Crippen molar-refractivity contribution in [3.05, 3.63) is 77.2 Å². The zero-order valence-electron chi connectivity index (χ0n) is 22.6. The molecule has 0 bridgehead atoms. The van der Waals surface area contributed by atoms with Crippen molar-refractivity contribution in [2.75, 3.05) is 20.9 Å². The van der Waals surface area contributed by atoms with Crippen LogP contribution >= 0.6 is 7.37 Å². The molecule has 0 amide bonds. The highest BCUT2D eigenvalue weighted by Crippen LogP contribution is 2.43. The first kappa shape index (κ1) is 28.8. The van der Waals surface area contributed by atoms with Crippen LogP contribution in [0.3, 0.4) is 0 Å². The van der Waals surface area contributed by atoms with Crippen molar-refractivity contribution < 1.29 is 28.1 Å². The summed E-state index contributed by atoms with van der Waals surface area (Å²) in [6.07, 6.45) is 1.34. The number of hydrogen-bond acceptors (Lipinski definition) is 5. The first-order valence-electron chi connectivity index (χ1n) is 12.2. The van der Waals surface area contributed by atoms with Gasteiger partial charge in [0.25, 0.3) is 0 Å². The van der Waals surface area contributed by atoms with Crippen molar-refractivity contribution in [3.63, 3.8) is 0 Å². The lowest BCUT2D eigenvalue weighted by molar-refractivity contribution is 0.0155. The molecule has 0 radical (unpaired) electrons. The van der Waals surface area contributed by atoms with Crippen molar-refractivity contribution in [1.82, 2.24) is 4.98 Å². The van der Waals surface area contributed by atoms with E-state index in [1.54, 1.807) is 20.1 Å². The Morgan fingerprint density at radius 3 is 2.41 bits per heavy atom. The Kier molecular flexibility index (Phi) is 9.17. The Balaban J connectivity index is 1.93. The van der Waals surface area contributed by atoms with Gasteiger partial charge < -0.3 is 19.1 Å². The van der Waals surface area contributed by atoms with Crippen molar-refractivity contribution in [2.45, 2.75) is 52.5 Å². The number of benzene rings is 2. The molecule has 0 aliphatic heterocycles. The van der Waals surface area contributed by atoms with E-state index in [1.165, 1.54) is 13.8 Å². The van der Waals surface area contributed by atoms with Gasteiger partial charge in [0, 0.05) is 31.1 Å². The average molecular weight is 530 g/mol. The zero-order chi connectivity index (χ0) is 27.4. The lowest BCUT2D eigenvalue weighted by Crippen LogP contribution is -2.21. The maximum atomic E-state index is 14.9. The van der Waals surface area contributed by atoms with Crippen LogP contribution in [0.15, 0.2) is 54.7 Å². The molecule has 6 nitrogen and oxygen atoms in total. The third-order valence-corrected chi connectivity index (χ3v) is 8.22. The molecule has 2 aromatic carbocycles. The number of halogens is 1. The Bertz CT molecular complexity index is 1270. The Labute approximate surface area is 219 Å². The zero-order valence-corrected chi connectivity index (χ0v) is 23.5. The summed E-state index contributed by atoms with van der Waals surface area (Å²) in [6.45, 7) is 9.68. The van der Waals surface area contributed by atoms with E-state index in [1.807, 2.05) is 42.5 Å². The summed E-state index contributed by atoms with van der Waals surface area (Å²) in [5.74, 6) is 0.554. The number of aromatic nitrogens is 1. The third-order valence-electron chi connectivity index (χ3n) is 6.40. The summed E-state index contributed by atoms with van der Waals surface area (Å²) in [7, 11) is -0.0108. The highest BCUT2D eigenvalue weighted by molar-refractivity contribution is 7.57. The molecule has 3 aromatic rings. The van der Waals surface area contributed by atoms with Gasteiger partial charge in [-0.1, -0.05) is 52.0 Å². The second-order valence-corrected chi connectivity index (χ2v) is 13.3. The van der Waals surface area contributed by atoms with Crippen molar-refractivity contribution in [1.29, 1.82) is 0 Å². The van der Waals surface area contributed by atoms with Crippen LogP contribution in [0.4, 0.5) is 4.39 Å². The number of methoxy groups -OCH3 is 2. The molecule has 0 aliphatic rings. The smallest absolute Gasteiger partial charge is 0.213 e. The maximum Gasteiger partial charge on any atom is 0.213 e. The van der Waals surface area contributed by atoms with Crippen molar-refractivity contribution in [2.24, 2.45) is 5.41 Å². The number of pyridine rings is 1. The molecule has 1 heterocycles. The molecule has 8 heteroatoms. The van der Waals surface area contributed by atoms with Gasteiger partial charge in [-0.15, -0.1) is 0 Å². The van der Waals surface area contributed by atoms with E-state index in [0.29, 0.717) is 35.8 Å². The number of nitrogens with zero attached hydrogens (tertiary/aromatic N) is 1.